The van der Waals surface area contributed by atoms with Gasteiger partial charge < -0.3 is 14.6 Å². The second-order valence-corrected chi connectivity index (χ2v) is 11.1. The molecule has 0 saturated carbocycles. The van der Waals surface area contributed by atoms with Crippen LogP contribution in [-0.4, -0.2) is 49.3 Å². The van der Waals surface area contributed by atoms with Crippen molar-refractivity contribution in [3.05, 3.63) is 83.0 Å². The highest BCUT2D eigenvalue weighted by Gasteiger charge is 2.21. The number of amides is 2. The van der Waals surface area contributed by atoms with E-state index in [4.69, 9.17) is 4.98 Å². The van der Waals surface area contributed by atoms with Gasteiger partial charge in [-0.05, 0) is 68.8 Å². The number of H-pyrrole nitrogens is 1. The van der Waals surface area contributed by atoms with Gasteiger partial charge >= 0.3 is 0 Å². The van der Waals surface area contributed by atoms with E-state index in [1.54, 1.807) is 75.8 Å². The summed E-state index contributed by atoms with van der Waals surface area (Å²) in [6.07, 6.45) is 3.90. The minimum atomic E-state index is -0.921. The lowest BCUT2D eigenvalue weighted by atomic mass is 10.1. The number of aromatic nitrogens is 4. The smallest absolute Gasteiger partial charge is 0.268 e. The Morgan fingerprint density at radius 2 is 2.02 bits per heavy atom. The number of nitriles is 1. The summed E-state index contributed by atoms with van der Waals surface area (Å²) >= 11 is 1.35. The van der Waals surface area contributed by atoms with Crippen LogP contribution in [-0.2, 0) is 6.54 Å². The second-order valence-electron chi connectivity index (χ2n) is 9.98. The number of nitrogens with zero attached hydrogens (tertiary/aromatic N) is 5. The number of anilines is 2. The summed E-state index contributed by atoms with van der Waals surface area (Å²) in [5.74, 6) is -0.225. The van der Waals surface area contributed by atoms with Gasteiger partial charge in [-0.15, -0.1) is 11.3 Å². The highest BCUT2D eigenvalue weighted by molar-refractivity contribution is 7.17. The first-order chi connectivity index (χ1) is 19.1. The van der Waals surface area contributed by atoms with Crippen molar-refractivity contribution in [3.63, 3.8) is 0 Å². The van der Waals surface area contributed by atoms with Gasteiger partial charge in [-0.1, -0.05) is 6.07 Å². The van der Waals surface area contributed by atoms with Gasteiger partial charge in [0.25, 0.3) is 11.8 Å². The van der Waals surface area contributed by atoms with Crippen molar-refractivity contribution >= 4 is 45.8 Å². The van der Waals surface area contributed by atoms with Gasteiger partial charge in [0.1, 0.15) is 0 Å². The predicted octanol–water partition coefficient (Wildman–Crippen LogP) is 5.05. The number of thiophene rings is 1. The first-order valence-electron chi connectivity index (χ1n) is 12.5. The fraction of sp³-hybridized carbons (Fsp3) is 0.207. The van der Waals surface area contributed by atoms with Gasteiger partial charge in [-0.25, -0.2) is 4.98 Å². The molecule has 3 heterocycles. The van der Waals surface area contributed by atoms with Crippen LogP contribution in [0, 0.1) is 11.3 Å². The number of hydrogen-bond donors (Lipinski definition) is 3. The molecule has 0 unspecified atom stereocenters. The molecule has 0 aliphatic rings. The summed E-state index contributed by atoms with van der Waals surface area (Å²) < 4.78 is 1.86. The SMILES string of the molecule is CN(C(=O)c1cccc(C#N)c1)c1ccc2c(c1)nc(NC(=O)c1ccc(-c3cn[nH]c3)s1)n2CCC(C)(C)O. The molecular weight excluding hydrogens is 526 g/mol. The summed E-state index contributed by atoms with van der Waals surface area (Å²) in [6.45, 7) is 3.87. The Balaban J connectivity index is 1.45. The van der Waals surface area contributed by atoms with Crippen LogP contribution in [0.5, 0.6) is 0 Å². The lowest BCUT2D eigenvalue weighted by molar-refractivity contribution is 0.0667. The minimum absolute atomic E-state index is 0.266. The zero-order valence-electron chi connectivity index (χ0n) is 22.2. The molecule has 0 aliphatic carbocycles. The number of aliphatic hydroxyl groups is 1. The molecule has 2 amide bonds. The number of fused-ring (bicyclic) bond motifs is 1. The second kappa shape index (κ2) is 10.8. The molecule has 0 saturated heterocycles. The first-order valence-corrected chi connectivity index (χ1v) is 13.4. The number of hydrogen-bond acceptors (Lipinski definition) is 7. The van der Waals surface area contributed by atoms with Crippen LogP contribution in [0.25, 0.3) is 21.5 Å². The normalized spacial score (nSPS) is 11.4. The molecule has 0 aliphatic heterocycles. The van der Waals surface area contributed by atoms with E-state index in [-0.39, 0.29) is 11.8 Å². The molecule has 10 nitrogen and oxygen atoms in total. The average Bonchev–Trinajstić information content (AvgIpc) is 3.70. The summed E-state index contributed by atoms with van der Waals surface area (Å²) in [7, 11) is 1.66. The highest BCUT2D eigenvalue weighted by atomic mass is 32.1. The molecule has 0 bridgehead atoms. The lowest BCUT2D eigenvalue weighted by Gasteiger charge is -2.19. The van der Waals surface area contributed by atoms with Gasteiger partial charge in [0.15, 0.2) is 0 Å². The molecule has 3 N–H and O–H groups in total. The van der Waals surface area contributed by atoms with Gasteiger partial charge in [-0.3, -0.25) is 20.0 Å². The first kappa shape index (κ1) is 26.8. The maximum Gasteiger partial charge on any atom is 0.268 e. The predicted molar refractivity (Wildman–Crippen MR) is 154 cm³/mol. The van der Waals surface area contributed by atoms with E-state index in [1.807, 2.05) is 16.7 Å². The van der Waals surface area contributed by atoms with Crippen LogP contribution in [0.1, 0.15) is 45.9 Å². The van der Waals surface area contributed by atoms with Gasteiger partial charge in [-0.2, -0.15) is 10.4 Å². The minimum Gasteiger partial charge on any atom is -0.390 e. The van der Waals surface area contributed by atoms with Gasteiger partial charge in [0.2, 0.25) is 5.95 Å². The zero-order valence-corrected chi connectivity index (χ0v) is 23.0. The standard InChI is InChI=1S/C29H27N7O3S/c1-29(2,39)11-12-36-23-8-7-21(35(3)27(38)19-6-4-5-18(13-19)15-30)14-22(23)33-28(36)34-26(37)25-10-9-24(40-25)20-16-31-32-17-20/h4-10,13-14,16-17,39H,11-12H2,1-3H3,(H,31,32)(H,33,34,37). The van der Waals surface area contributed by atoms with Crippen molar-refractivity contribution in [2.24, 2.45) is 0 Å². The Morgan fingerprint density at radius 3 is 2.75 bits per heavy atom. The van der Waals surface area contributed by atoms with Crippen LogP contribution in [0.2, 0.25) is 0 Å². The third-order valence-corrected chi connectivity index (χ3v) is 7.58. The van der Waals surface area contributed by atoms with Crippen LogP contribution in [0.3, 0.4) is 0 Å². The van der Waals surface area contributed by atoms with E-state index in [2.05, 4.69) is 21.6 Å². The molecule has 0 radical (unpaired) electrons. The fourth-order valence-electron chi connectivity index (χ4n) is 4.23. The number of carbonyl (C=O) groups is 2. The van der Waals surface area contributed by atoms with E-state index >= 15 is 0 Å². The van der Waals surface area contributed by atoms with Crippen LogP contribution in [0.15, 0.2) is 67.0 Å². The number of aromatic amines is 1. The summed E-state index contributed by atoms with van der Waals surface area (Å²) in [5.41, 5.74) is 2.72. The Bertz CT molecular complexity index is 1740. The number of carbonyl (C=O) groups excluding carboxylic acids is 2. The van der Waals surface area contributed by atoms with Crippen LogP contribution >= 0.6 is 11.3 Å². The molecule has 0 fully saturated rings. The third-order valence-electron chi connectivity index (χ3n) is 6.45. The quantitative estimate of drug-likeness (QED) is 0.246. The Morgan fingerprint density at radius 1 is 1.20 bits per heavy atom. The maximum atomic E-state index is 13.2. The summed E-state index contributed by atoms with van der Waals surface area (Å²) in [6, 6.07) is 17.6. The molecule has 202 valence electrons. The topological polar surface area (TPSA) is 140 Å². The van der Waals surface area contributed by atoms with Crippen molar-refractivity contribution in [2.45, 2.75) is 32.4 Å². The van der Waals surface area contributed by atoms with Gasteiger partial charge in [0.05, 0.1) is 39.3 Å². The molecule has 40 heavy (non-hydrogen) atoms. The number of rotatable bonds is 8. The molecule has 5 aromatic rings. The average molecular weight is 554 g/mol. The molecule has 11 heteroatoms. The maximum absolute atomic E-state index is 13.2. The molecule has 0 atom stereocenters. The molecule has 2 aromatic carbocycles. The summed E-state index contributed by atoms with van der Waals surface area (Å²) in [4.78, 5) is 33.9. The van der Waals surface area contributed by atoms with Gasteiger partial charge in [0, 0.05) is 41.5 Å². The van der Waals surface area contributed by atoms with Crippen molar-refractivity contribution in [1.29, 1.82) is 5.26 Å². The Hall–Kier alpha value is -4.79. The number of aryl methyl sites for hydroxylation is 1. The lowest BCUT2D eigenvalue weighted by Crippen LogP contribution is -2.26. The Kier molecular flexibility index (Phi) is 7.21. The Labute approximate surface area is 234 Å². The zero-order chi connectivity index (χ0) is 28.4. The molecule has 5 rings (SSSR count). The van der Waals surface area contributed by atoms with E-state index in [1.165, 1.54) is 16.2 Å². The number of nitrogens with one attached hydrogen (secondary N) is 2. The number of imidazole rings is 1. The van der Waals surface area contributed by atoms with Crippen molar-refractivity contribution in [3.8, 4) is 16.5 Å². The third kappa shape index (κ3) is 5.63. The molecule has 0 spiro atoms. The fourth-order valence-corrected chi connectivity index (χ4v) is 5.11. The van der Waals surface area contributed by atoms with E-state index in [0.717, 1.165) is 16.0 Å². The van der Waals surface area contributed by atoms with Crippen molar-refractivity contribution in [2.75, 3.05) is 17.3 Å². The van der Waals surface area contributed by atoms with Crippen LogP contribution < -0.4 is 10.2 Å². The van der Waals surface area contributed by atoms with E-state index < -0.39 is 5.60 Å². The summed E-state index contributed by atoms with van der Waals surface area (Å²) in [5, 5.41) is 29.2. The molecule has 3 aromatic heterocycles. The van der Waals surface area contributed by atoms with Crippen molar-refractivity contribution < 1.29 is 14.7 Å². The monoisotopic (exact) mass is 553 g/mol. The van der Waals surface area contributed by atoms with E-state index in [9.17, 15) is 20.0 Å². The molecular formula is C29H27N7O3S. The van der Waals surface area contributed by atoms with E-state index in [0.29, 0.717) is 46.1 Å². The largest absolute Gasteiger partial charge is 0.390 e. The van der Waals surface area contributed by atoms with Crippen molar-refractivity contribution in [1.82, 2.24) is 19.7 Å². The number of benzene rings is 2. The van der Waals surface area contributed by atoms with Crippen LogP contribution in [0.4, 0.5) is 11.6 Å². The highest BCUT2D eigenvalue weighted by Crippen LogP contribution is 2.30.